The zero-order chi connectivity index (χ0) is 5.21. The Morgan fingerprint density at radius 1 is 1.12 bits per heavy atom. The summed E-state index contributed by atoms with van der Waals surface area (Å²) < 4.78 is 0. The molecule has 0 bridgehead atoms. The normalized spacial score (nSPS) is 9.00. The van der Waals surface area contributed by atoms with Crippen molar-refractivity contribution in [2.45, 2.75) is 26.3 Å². The van der Waals surface area contributed by atoms with Gasteiger partial charge in [0, 0.05) is 5.54 Å². The van der Waals surface area contributed by atoms with Gasteiger partial charge in [-0.25, -0.2) is 0 Å². The molecular weight excluding hydrogens is 147 g/mol. The predicted octanol–water partition coefficient (Wildman–Crippen LogP) is 1.09. The fourth-order valence-corrected chi connectivity index (χ4v) is 0. The van der Waals surface area contributed by atoms with Gasteiger partial charge in [0.25, 0.3) is 0 Å². The van der Waals surface area contributed by atoms with Crippen LogP contribution in [0.15, 0.2) is 0 Å². The zero-order valence-corrected chi connectivity index (χ0v) is 7.03. The van der Waals surface area contributed by atoms with Gasteiger partial charge in [-0.1, -0.05) is 0 Å². The van der Waals surface area contributed by atoms with Gasteiger partial charge < -0.3 is 0 Å². The molecule has 0 amide bonds. The summed E-state index contributed by atoms with van der Waals surface area (Å²) in [6.45, 7) is 6.02. The van der Waals surface area contributed by atoms with Gasteiger partial charge in [0.05, 0.1) is 0 Å². The minimum atomic E-state index is 0. The second-order valence-corrected chi connectivity index (χ2v) is 2.39. The smallest absolute Gasteiger partial charge is 0.0236 e. The van der Waals surface area contributed by atoms with Gasteiger partial charge in [-0.05, 0) is 20.8 Å². The zero-order valence-electron chi connectivity index (χ0n) is 5.39. The van der Waals surface area contributed by atoms with E-state index in [4.69, 9.17) is 5.84 Å². The van der Waals surface area contributed by atoms with Crippen LogP contribution in [0.25, 0.3) is 0 Å². The number of hydrogen-bond donors (Lipinski definition) is 2. The summed E-state index contributed by atoms with van der Waals surface area (Å²) in [5.74, 6) is 5.06. The molecule has 3 N–H and O–H groups in total. The monoisotopic (exact) mass is 160 g/mol. The average Bonchev–Trinajstić information content (AvgIpc) is 1.35. The van der Waals surface area contributed by atoms with E-state index >= 15 is 0 Å². The van der Waals surface area contributed by atoms with Crippen LogP contribution in [0.4, 0.5) is 0 Å². The molecule has 2 nitrogen and oxygen atoms in total. The van der Waals surface area contributed by atoms with E-state index in [-0.39, 0.29) is 30.4 Å². The fraction of sp³-hybridized carbons (Fsp3) is 1.00. The van der Waals surface area contributed by atoms with Crippen molar-refractivity contribution in [3.05, 3.63) is 0 Å². The van der Waals surface area contributed by atoms with Crippen molar-refractivity contribution in [3.8, 4) is 0 Å². The molecule has 0 spiro atoms. The summed E-state index contributed by atoms with van der Waals surface area (Å²) in [7, 11) is 0. The Hall–Kier alpha value is 0.500. The molecule has 0 aromatic heterocycles. The molecule has 0 atom stereocenters. The van der Waals surface area contributed by atoms with Gasteiger partial charge in [0.2, 0.25) is 0 Å². The van der Waals surface area contributed by atoms with E-state index in [1.807, 2.05) is 20.8 Å². The minimum Gasteiger partial charge on any atom is -0.271 e. The summed E-state index contributed by atoms with van der Waals surface area (Å²) in [6, 6.07) is 0. The molecule has 4 heteroatoms. The Morgan fingerprint density at radius 3 is 1.25 bits per heavy atom. The number of hydrazine groups is 1. The Bertz CT molecular complexity index is 41.8. The molecule has 0 aliphatic carbocycles. The molecule has 0 radical (unpaired) electrons. The molecule has 0 saturated heterocycles. The molecule has 0 aliphatic heterocycles. The number of hydrogen-bond acceptors (Lipinski definition) is 2. The van der Waals surface area contributed by atoms with Crippen LogP contribution >= 0.6 is 24.8 Å². The molecule has 0 fully saturated rings. The van der Waals surface area contributed by atoms with Crippen LogP contribution < -0.4 is 11.3 Å². The van der Waals surface area contributed by atoms with Crippen LogP contribution in [-0.4, -0.2) is 5.54 Å². The van der Waals surface area contributed by atoms with E-state index in [0.29, 0.717) is 0 Å². The van der Waals surface area contributed by atoms with Crippen molar-refractivity contribution < 1.29 is 0 Å². The summed E-state index contributed by atoms with van der Waals surface area (Å²) in [5.41, 5.74) is 2.67. The molecule has 0 saturated carbocycles. The lowest BCUT2D eigenvalue weighted by molar-refractivity contribution is 0.438. The molecule has 0 aromatic rings. The third kappa shape index (κ3) is 16.1. The van der Waals surface area contributed by atoms with Gasteiger partial charge in [-0.2, -0.15) is 0 Å². The second kappa shape index (κ2) is 5.63. The van der Waals surface area contributed by atoms with E-state index in [2.05, 4.69) is 5.43 Å². The van der Waals surface area contributed by atoms with Crippen molar-refractivity contribution >= 4 is 24.8 Å². The first-order chi connectivity index (χ1) is 2.56. The van der Waals surface area contributed by atoms with Crippen molar-refractivity contribution in [2.24, 2.45) is 5.84 Å². The summed E-state index contributed by atoms with van der Waals surface area (Å²) >= 11 is 0. The summed E-state index contributed by atoms with van der Waals surface area (Å²) in [6.07, 6.45) is 0. The Balaban J connectivity index is -0.000000125. The van der Waals surface area contributed by atoms with Gasteiger partial charge in [-0.3, -0.25) is 11.3 Å². The highest BCUT2D eigenvalue weighted by atomic mass is 35.5. The van der Waals surface area contributed by atoms with Crippen LogP contribution in [0.1, 0.15) is 20.8 Å². The highest BCUT2D eigenvalue weighted by Gasteiger charge is 2.02. The maximum atomic E-state index is 5.06. The van der Waals surface area contributed by atoms with Crippen molar-refractivity contribution in [3.63, 3.8) is 0 Å². The lowest BCUT2D eigenvalue weighted by atomic mass is 10.1. The first kappa shape index (κ1) is 15.8. The highest BCUT2D eigenvalue weighted by Crippen LogP contribution is 1.92. The van der Waals surface area contributed by atoms with E-state index in [1.165, 1.54) is 0 Å². The third-order valence-corrected chi connectivity index (χ3v) is 0.433. The largest absolute Gasteiger partial charge is 0.271 e. The van der Waals surface area contributed by atoms with E-state index in [0.717, 1.165) is 0 Å². The van der Waals surface area contributed by atoms with E-state index in [1.54, 1.807) is 0 Å². The first-order valence-electron chi connectivity index (χ1n) is 2.04. The lowest BCUT2D eigenvalue weighted by Crippen LogP contribution is -2.41. The van der Waals surface area contributed by atoms with Crippen LogP contribution in [0.5, 0.6) is 0 Å². The van der Waals surface area contributed by atoms with E-state index < -0.39 is 0 Å². The number of nitrogens with two attached hydrogens (primary N) is 1. The molecule has 54 valence electrons. The lowest BCUT2D eigenvalue weighted by Gasteiger charge is -2.14. The minimum absolute atomic E-state index is 0. The SMILES string of the molecule is CC(C)(C)NN.Cl.Cl. The molecule has 8 heavy (non-hydrogen) atoms. The predicted molar refractivity (Wildman–Crippen MR) is 41.6 cm³/mol. The molecule has 0 unspecified atom stereocenters. The standard InChI is InChI=1S/C4H12N2.2ClH/c1-4(2,3)6-5;;/h6H,5H2,1-3H3;2*1H. The first-order valence-corrected chi connectivity index (χ1v) is 2.04. The molecular formula is C4H14Cl2N2. The quantitative estimate of drug-likeness (QED) is 0.412. The number of rotatable bonds is 0. The highest BCUT2D eigenvalue weighted by molar-refractivity contribution is 5.85. The van der Waals surface area contributed by atoms with Crippen molar-refractivity contribution in [1.82, 2.24) is 5.43 Å². The fourth-order valence-electron chi connectivity index (χ4n) is 0. The maximum absolute atomic E-state index is 5.06. The third-order valence-electron chi connectivity index (χ3n) is 0.433. The number of nitrogens with one attached hydrogen (secondary N) is 1. The molecule has 0 heterocycles. The van der Waals surface area contributed by atoms with Gasteiger partial charge >= 0.3 is 0 Å². The maximum Gasteiger partial charge on any atom is 0.0236 e. The van der Waals surface area contributed by atoms with Crippen LogP contribution in [0.2, 0.25) is 0 Å². The topological polar surface area (TPSA) is 38.0 Å². The van der Waals surface area contributed by atoms with Crippen LogP contribution in [0.3, 0.4) is 0 Å². The van der Waals surface area contributed by atoms with Crippen molar-refractivity contribution in [2.75, 3.05) is 0 Å². The molecule has 0 rings (SSSR count). The Labute approximate surface area is 63.0 Å². The summed E-state index contributed by atoms with van der Waals surface area (Å²) in [4.78, 5) is 0. The Kier molecular flexibility index (Phi) is 11.1. The van der Waals surface area contributed by atoms with Gasteiger partial charge in [0.1, 0.15) is 0 Å². The average molecular weight is 161 g/mol. The van der Waals surface area contributed by atoms with Gasteiger partial charge in [0.15, 0.2) is 0 Å². The Morgan fingerprint density at radius 2 is 1.25 bits per heavy atom. The van der Waals surface area contributed by atoms with Crippen molar-refractivity contribution in [1.29, 1.82) is 0 Å². The second-order valence-electron chi connectivity index (χ2n) is 2.39. The van der Waals surface area contributed by atoms with Gasteiger partial charge in [-0.15, -0.1) is 24.8 Å². The number of halogens is 2. The molecule has 0 aromatic carbocycles. The van der Waals surface area contributed by atoms with E-state index in [9.17, 15) is 0 Å². The summed E-state index contributed by atoms with van der Waals surface area (Å²) in [5, 5.41) is 0. The van der Waals surface area contributed by atoms with Crippen LogP contribution in [-0.2, 0) is 0 Å². The molecule has 0 aliphatic rings. The van der Waals surface area contributed by atoms with Crippen LogP contribution in [0, 0.1) is 0 Å².